The van der Waals surface area contributed by atoms with Gasteiger partial charge in [-0.05, 0) is 50.9 Å². The lowest BCUT2D eigenvalue weighted by molar-refractivity contribution is -0.150. The number of rotatable bonds is 4. The smallest absolute Gasteiger partial charge is 0.329 e. The van der Waals surface area contributed by atoms with Crippen molar-refractivity contribution in [1.29, 1.82) is 0 Å². The maximum Gasteiger partial charge on any atom is 0.329 e. The first kappa shape index (κ1) is 16.3. The van der Waals surface area contributed by atoms with Crippen LogP contribution in [0.2, 0.25) is 0 Å². The van der Waals surface area contributed by atoms with E-state index in [0.29, 0.717) is 25.2 Å². The molecule has 2 fully saturated rings. The largest absolute Gasteiger partial charge is 0.480 e. The molecule has 2 aliphatic carbocycles. The number of carboxylic acid groups (broad SMARTS) is 1. The third-order valence-corrected chi connectivity index (χ3v) is 5.39. The highest BCUT2D eigenvalue weighted by Crippen LogP contribution is 2.35. The molecule has 0 bridgehead atoms. The van der Waals surface area contributed by atoms with Gasteiger partial charge in [0.05, 0.1) is 0 Å². The van der Waals surface area contributed by atoms with E-state index in [-0.39, 0.29) is 17.9 Å². The summed E-state index contributed by atoms with van der Waals surface area (Å²) in [5.74, 6) is -0.514. The van der Waals surface area contributed by atoms with E-state index >= 15 is 0 Å². The fraction of sp³-hybridized carbons (Fsp3) is 0.875. The minimum Gasteiger partial charge on any atom is -0.480 e. The molecular formula is C16H28N2O3. The van der Waals surface area contributed by atoms with Crippen molar-refractivity contribution in [2.75, 3.05) is 0 Å². The highest BCUT2D eigenvalue weighted by atomic mass is 16.4. The van der Waals surface area contributed by atoms with Gasteiger partial charge in [0.15, 0.2) is 0 Å². The molecule has 2 saturated carbocycles. The van der Waals surface area contributed by atoms with Crippen LogP contribution >= 0.6 is 0 Å². The molecule has 0 aromatic rings. The molecule has 0 spiro atoms. The molecule has 21 heavy (non-hydrogen) atoms. The first-order valence-electron chi connectivity index (χ1n) is 8.28. The summed E-state index contributed by atoms with van der Waals surface area (Å²) in [7, 11) is 0. The quantitative estimate of drug-likeness (QED) is 0.740. The number of carbonyl (C=O) groups excluding carboxylic acids is 1. The van der Waals surface area contributed by atoms with Gasteiger partial charge in [-0.1, -0.05) is 19.8 Å². The molecule has 4 N–H and O–H groups in total. The Hall–Kier alpha value is -1.10. The Balaban J connectivity index is 1.99. The minimum atomic E-state index is -1.05. The average Bonchev–Trinajstić information content (AvgIpc) is 2.47. The Kier molecular flexibility index (Phi) is 5.25. The molecule has 0 saturated heterocycles. The number of aliphatic carboxylic acids is 1. The third-order valence-electron chi connectivity index (χ3n) is 5.39. The van der Waals surface area contributed by atoms with Crippen LogP contribution in [0.25, 0.3) is 0 Å². The maximum absolute atomic E-state index is 12.4. The Labute approximate surface area is 126 Å². The van der Waals surface area contributed by atoms with Gasteiger partial charge in [-0.15, -0.1) is 0 Å². The molecule has 5 heteroatoms. The van der Waals surface area contributed by atoms with Crippen LogP contribution in [0.15, 0.2) is 0 Å². The summed E-state index contributed by atoms with van der Waals surface area (Å²) in [6, 6.07) is 0.0751. The molecule has 0 heterocycles. The van der Waals surface area contributed by atoms with Gasteiger partial charge in [0.2, 0.25) is 5.91 Å². The molecule has 5 nitrogen and oxygen atoms in total. The summed E-state index contributed by atoms with van der Waals surface area (Å²) < 4.78 is 0. The van der Waals surface area contributed by atoms with Gasteiger partial charge in [0.1, 0.15) is 5.54 Å². The van der Waals surface area contributed by atoms with Crippen LogP contribution in [0.1, 0.15) is 64.7 Å². The van der Waals surface area contributed by atoms with Crippen LogP contribution in [-0.2, 0) is 9.59 Å². The van der Waals surface area contributed by atoms with Gasteiger partial charge < -0.3 is 16.2 Å². The van der Waals surface area contributed by atoms with Gasteiger partial charge in [-0.25, -0.2) is 4.79 Å². The van der Waals surface area contributed by atoms with Crippen LogP contribution in [-0.4, -0.2) is 28.6 Å². The Morgan fingerprint density at radius 2 is 1.90 bits per heavy atom. The van der Waals surface area contributed by atoms with Gasteiger partial charge in [0.25, 0.3) is 0 Å². The fourth-order valence-electron chi connectivity index (χ4n) is 3.77. The van der Waals surface area contributed by atoms with Crippen molar-refractivity contribution in [2.24, 2.45) is 17.6 Å². The van der Waals surface area contributed by atoms with E-state index in [1.54, 1.807) is 0 Å². The van der Waals surface area contributed by atoms with E-state index in [1.165, 1.54) is 0 Å². The monoisotopic (exact) mass is 296 g/mol. The molecule has 120 valence electrons. The molecule has 2 aliphatic rings. The van der Waals surface area contributed by atoms with Crippen molar-refractivity contribution in [3.8, 4) is 0 Å². The number of carbonyl (C=O) groups is 2. The molecule has 2 atom stereocenters. The number of hydrogen-bond donors (Lipinski definition) is 3. The molecule has 0 radical (unpaired) electrons. The second-order valence-corrected chi connectivity index (χ2v) is 6.85. The zero-order valence-corrected chi connectivity index (χ0v) is 12.9. The summed E-state index contributed by atoms with van der Waals surface area (Å²) in [5, 5.41) is 12.5. The molecule has 0 aliphatic heterocycles. The van der Waals surface area contributed by atoms with Gasteiger partial charge in [0, 0.05) is 12.0 Å². The summed E-state index contributed by atoms with van der Waals surface area (Å²) in [4.78, 5) is 24.2. The van der Waals surface area contributed by atoms with Crippen LogP contribution in [0.5, 0.6) is 0 Å². The van der Waals surface area contributed by atoms with E-state index in [4.69, 9.17) is 5.73 Å². The highest BCUT2D eigenvalue weighted by Gasteiger charge is 2.44. The molecule has 2 rings (SSSR count). The number of hydrogen-bond acceptors (Lipinski definition) is 3. The van der Waals surface area contributed by atoms with Crippen molar-refractivity contribution < 1.29 is 14.7 Å². The van der Waals surface area contributed by atoms with E-state index in [2.05, 4.69) is 12.2 Å². The van der Waals surface area contributed by atoms with Crippen LogP contribution in [0, 0.1) is 11.8 Å². The van der Waals surface area contributed by atoms with E-state index in [9.17, 15) is 14.7 Å². The number of nitrogens with two attached hydrogens (primary N) is 1. The predicted octanol–water partition coefficient (Wildman–Crippen LogP) is 2.04. The highest BCUT2D eigenvalue weighted by molar-refractivity contribution is 5.88. The fourth-order valence-corrected chi connectivity index (χ4v) is 3.77. The van der Waals surface area contributed by atoms with Crippen molar-refractivity contribution in [1.82, 2.24) is 5.32 Å². The van der Waals surface area contributed by atoms with Gasteiger partial charge in [-0.2, -0.15) is 0 Å². The molecular weight excluding hydrogens is 268 g/mol. The summed E-state index contributed by atoms with van der Waals surface area (Å²) in [5.41, 5.74) is 4.88. The summed E-state index contributed by atoms with van der Waals surface area (Å²) in [6.07, 6.45) is 7.37. The predicted molar refractivity (Wildman–Crippen MR) is 80.7 cm³/mol. The number of carboxylic acids is 1. The minimum absolute atomic E-state index is 0.0751. The van der Waals surface area contributed by atoms with Crippen LogP contribution in [0.4, 0.5) is 0 Å². The lowest BCUT2D eigenvalue weighted by atomic mass is 9.75. The van der Waals surface area contributed by atoms with E-state index in [0.717, 1.165) is 38.5 Å². The normalized spacial score (nSPS) is 37.0. The summed E-state index contributed by atoms with van der Waals surface area (Å²) in [6.45, 7) is 2.14. The lowest BCUT2D eigenvalue weighted by Crippen LogP contribution is -2.58. The van der Waals surface area contributed by atoms with Crippen molar-refractivity contribution in [2.45, 2.75) is 76.3 Å². The molecule has 0 aromatic heterocycles. The average molecular weight is 296 g/mol. The second-order valence-electron chi connectivity index (χ2n) is 6.85. The van der Waals surface area contributed by atoms with E-state index < -0.39 is 11.5 Å². The first-order valence-corrected chi connectivity index (χ1v) is 8.28. The third kappa shape index (κ3) is 3.76. The van der Waals surface area contributed by atoms with Crippen molar-refractivity contribution >= 4 is 11.9 Å². The van der Waals surface area contributed by atoms with Gasteiger partial charge in [-0.3, -0.25) is 4.79 Å². The zero-order chi connectivity index (χ0) is 15.5. The first-order chi connectivity index (χ1) is 9.97. The van der Waals surface area contributed by atoms with Crippen LogP contribution in [0.3, 0.4) is 0 Å². The lowest BCUT2D eigenvalue weighted by Gasteiger charge is -2.38. The van der Waals surface area contributed by atoms with Gasteiger partial charge >= 0.3 is 5.97 Å². The van der Waals surface area contributed by atoms with Crippen molar-refractivity contribution in [3.63, 3.8) is 0 Å². The second kappa shape index (κ2) is 6.77. The maximum atomic E-state index is 12.4. The Bertz CT molecular complexity index is 389. The zero-order valence-electron chi connectivity index (χ0n) is 12.9. The molecule has 0 aromatic carbocycles. The molecule has 1 amide bonds. The Morgan fingerprint density at radius 3 is 2.43 bits per heavy atom. The van der Waals surface area contributed by atoms with E-state index in [1.807, 2.05) is 0 Å². The number of amides is 1. The SMILES string of the molecule is CCC1CCC(NC(=O)C2CCCC(N)C2)(C(=O)O)CC1. The van der Waals surface area contributed by atoms with Crippen molar-refractivity contribution in [3.05, 3.63) is 0 Å². The van der Waals surface area contributed by atoms with Crippen LogP contribution < -0.4 is 11.1 Å². The Morgan fingerprint density at radius 1 is 1.24 bits per heavy atom. The standard InChI is InChI=1S/C16H28N2O3/c1-2-11-6-8-16(9-7-11,15(20)21)18-14(19)12-4-3-5-13(17)10-12/h11-13H,2-10,17H2,1H3,(H,18,19)(H,20,21). The number of nitrogens with one attached hydrogen (secondary N) is 1. The topological polar surface area (TPSA) is 92.4 Å². The molecule has 2 unspecified atom stereocenters. The summed E-state index contributed by atoms with van der Waals surface area (Å²) >= 11 is 0.